The van der Waals surface area contributed by atoms with Gasteiger partial charge in [-0.1, -0.05) is 54.1 Å². The van der Waals surface area contributed by atoms with Gasteiger partial charge in [0, 0.05) is 11.7 Å². The third-order valence-corrected chi connectivity index (χ3v) is 7.48. The van der Waals surface area contributed by atoms with E-state index in [1.54, 1.807) is 41.3 Å². The van der Waals surface area contributed by atoms with E-state index in [2.05, 4.69) is 0 Å². The average Bonchev–Trinajstić information content (AvgIpc) is 3.08. The Balaban J connectivity index is 1.76. The Morgan fingerprint density at radius 1 is 1.00 bits per heavy atom. The maximum absolute atomic E-state index is 13.6. The monoisotopic (exact) mass is 434 g/mol. The van der Waals surface area contributed by atoms with E-state index in [1.165, 1.54) is 4.31 Å². The summed E-state index contributed by atoms with van der Waals surface area (Å²) in [5, 5.41) is 0. The highest BCUT2D eigenvalue weighted by Gasteiger charge is 2.35. The summed E-state index contributed by atoms with van der Waals surface area (Å²) in [5.41, 5.74) is 4.32. The van der Waals surface area contributed by atoms with Gasteiger partial charge in [0.25, 0.3) is 10.0 Å². The van der Waals surface area contributed by atoms with Gasteiger partial charge in [0.1, 0.15) is 6.54 Å². The second-order valence-corrected chi connectivity index (χ2v) is 9.92. The largest absolute Gasteiger partial charge is 0.307 e. The van der Waals surface area contributed by atoms with Crippen LogP contribution in [0.25, 0.3) is 0 Å². The third kappa shape index (κ3) is 3.95. The molecule has 1 heterocycles. The molecule has 0 spiro atoms. The van der Waals surface area contributed by atoms with Gasteiger partial charge in [0.05, 0.1) is 10.6 Å². The average molecular weight is 435 g/mol. The Kier molecular flexibility index (Phi) is 5.58. The van der Waals surface area contributed by atoms with E-state index in [-0.39, 0.29) is 23.4 Å². The van der Waals surface area contributed by atoms with Crippen molar-refractivity contribution in [3.8, 4) is 0 Å². The van der Waals surface area contributed by atoms with Crippen molar-refractivity contribution >= 4 is 27.3 Å². The van der Waals surface area contributed by atoms with Crippen molar-refractivity contribution in [2.24, 2.45) is 0 Å². The molecule has 31 heavy (non-hydrogen) atoms. The van der Waals surface area contributed by atoms with Crippen molar-refractivity contribution in [2.75, 3.05) is 15.7 Å². The highest BCUT2D eigenvalue weighted by molar-refractivity contribution is 7.92. The van der Waals surface area contributed by atoms with Crippen LogP contribution in [0.2, 0.25) is 0 Å². The summed E-state index contributed by atoms with van der Waals surface area (Å²) >= 11 is 0. The molecule has 1 aliphatic heterocycles. The van der Waals surface area contributed by atoms with Crippen molar-refractivity contribution < 1.29 is 13.2 Å². The minimum Gasteiger partial charge on any atom is -0.307 e. The number of carbonyl (C=O) groups excluding carboxylic acids is 1. The van der Waals surface area contributed by atoms with E-state index < -0.39 is 10.0 Å². The highest BCUT2D eigenvalue weighted by Crippen LogP contribution is 2.33. The van der Waals surface area contributed by atoms with Crippen molar-refractivity contribution in [2.45, 2.75) is 38.1 Å². The zero-order valence-electron chi connectivity index (χ0n) is 17.9. The summed E-state index contributed by atoms with van der Waals surface area (Å²) < 4.78 is 28.4. The van der Waals surface area contributed by atoms with Crippen molar-refractivity contribution in [1.82, 2.24) is 0 Å². The van der Waals surface area contributed by atoms with Gasteiger partial charge in [-0.15, -0.1) is 0 Å². The number of aryl methyl sites for hydroxylation is 2. The van der Waals surface area contributed by atoms with E-state index in [0.717, 1.165) is 28.8 Å². The fourth-order valence-electron chi connectivity index (χ4n) is 4.25. The summed E-state index contributed by atoms with van der Waals surface area (Å²) in [6, 6.07) is 21.6. The molecule has 0 N–H and O–H groups in total. The van der Waals surface area contributed by atoms with Crippen LogP contribution in [0.4, 0.5) is 11.4 Å². The number of hydrogen-bond acceptors (Lipinski definition) is 3. The van der Waals surface area contributed by atoms with Gasteiger partial charge in [-0.3, -0.25) is 9.10 Å². The van der Waals surface area contributed by atoms with Gasteiger partial charge < -0.3 is 4.90 Å². The molecule has 6 heteroatoms. The highest BCUT2D eigenvalue weighted by atomic mass is 32.2. The van der Waals surface area contributed by atoms with Gasteiger partial charge in [-0.05, 0) is 62.6 Å². The minimum atomic E-state index is -3.92. The van der Waals surface area contributed by atoms with Crippen LogP contribution in [0.5, 0.6) is 0 Å². The summed E-state index contributed by atoms with van der Waals surface area (Å²) in [7, 11) is -3.92. The molecular weight excluding hydrogens is 408 g/mol. The van der Waals surface area contributed by atoms with E-state index in [0.29, 0.717) is 5.69 Å². The molecule has 3 aromatic rings. The standard InChI is InChI=1S/C25H26N2O3S/c1-18-13-14-23(19(2)15-18)26(31(29,30)22-10-5-4-6-11-22)17-25(28)27-20(3)16-21-9-7-8-12-24(21)27/h4-15,20H,16-17H2,1-3H3. The summed E-state index contributed by atoms with van der Waals surface area (Å²) in [5.74, 6) is -0.239. The molecule has 1 aliphatic rings. The number of carbonyl (C=O) groups is 1. The van der Waals surface area contributed by atoms with Crippen molar-refractivity contribution in [3.63, 3.8) is 0 Å². The van der Waals surface area contributed by atoms with Gasteiger partial charge in [-0.2, -0.15) is 0 Å². The fraction of sp³-hybridized carbons (Fsp3) is 0.240. The lowest BCUT2D eigenvalue weighted by Crippen LogP contribution is -2.45. The number of fused-ring (bicyclic) bond motifs is 1. The number of benzene rings is 3. The quantitative estimate of drug-likeness (QED) is 0.595. The van der Waals surface area contributed by atoms with Gasteiger partial charge in [0.15, 0.2) is 0 Å². The molecule has 0 aromatic heterocycles. The summed E-state index contributed by atoms with van der Waals surface area (Å²) in [4.78, 5) is 15.4. The lowest BCUT2D eigenvalue weighted by molar-refractivity contribution is -0.117. The maximum Gasteiger partial charge on any atom is 0.264 e. The number of amides is 1. The Bertz CT molecular complexity index is 1220. The predicted molar refractivity (Wildman–Crippen MR) is 124 cm³/mol. The number of hydrogen-bond donors (Lipinski definition) is 0. The van der Waals surface area contributed by atoms with Crippen molar-refractivity contribution in [1.29, 1.82) is 0 Å². The zero-order chi connectivity index (χ0) is 22.2. The summed E-state index contributed by atoms with van der Waals surface area (Å²) in [6.45, 7) is 5.56. The topological polar surface area (TPSA) is 57.7 Å². The number of sulfonamides is 1. The molecule has 1 amide bonds. The van der Waals surface area contributed by atoms with E-state index in [4.69, 9.17) is 0 Å². The maximum atomic E-state index is 13.6. The molecule has 0 saturated carbocycles. The summed E-state index contributed by atoms with van der Waals surface area (Å²) in [6.07, 6.45) is 0.761. The first kappa shape index (κ1) is 21.1. The van der Waals surface area contributed by atoms with E-state index in [1.807, 2.05) is 57.2 Å². The number of nitrogens with zero attached hydrogens (tertiary/aromatic N) is 2. The smallest absolute Gasteiger partial charge is 0.264 e. The molecule has 0 aliphatic carbocycles. The SMILES string of the molecule is Cc1ccc(N(CC(=O)N2c3ccccc3CC2C)S(=O)(=O)c2ccccc2)c(C)c1. The van der Waals surface area contributed by atoms with Gasteiger partial charge in [0.2, 0.25) is 5.91 Å². The van der Waals surface area contributed by atoms with E-state index >= 15 is 0 Å². The zero-order valence-corrected chi connectivity index (χ0v) is 18.8. The Morgan fingerprint density at radius 3 is 2.39 bits per heavy atom. The first-order chi connectivity index (χ1) is 14.8. The first-order valence-electron chi connectivity index (χ1n) is 10.3. The van der Waals surface area contributed by atoms with Crippen LogP contribution in [-0.4, -0.2) is 26.9 Å². The Morgan fingerprint density at radius 2 is 1.68 bits per heavy atom. The Labute approximate surface area is 184 Å². The second kappa shape index (κ2) is 8.19. The molecule has 0 fully saturated rings. The third-order valence-electron chi connectivity index (χ3n) is 5.71. The molecule has 0 saturated heterocycles. The molecule has 1 unspecified atom stereocenters. The first-order valence-corrected chi connectivity index (χ1v) is 11.8. The second-order valence-electron chi connectivity index (χ2n) is 8.06. The van der Waals surface area contributed by atoms with Crippen LogP contribution in [0, 0.1) is 13.8 Å². The normalized spacial score (nSPS) is 15.6. The molecular formula is C25H26N2O3S. The number of rotatable bonds is 5. The van der Waals surface area contributed by atoms with Gasteiger partial charge in [-0.25, -0.2) is 8.42 Å². The minimum absolute atomic E-state index is 0.0229. The molecule has 3 aromatic carbocycles. The predicted octanol–water partition coefficient (Wildman–Crippen LogP) is 4.48. The van der Waals surface area contributed by atoms with Crippen LogP contribution < -0.4 is 9.21 Å². The van der Waals surface area contributed by atoms with Crippen molar-refractivity contribution in [3.05, 3.63) is 89.5 Å². The van der Waals surface area contributed by atoms with Crippen LogP contribution in [-0.2, 0) is 21.2 Å². The molecule has 0 radical (unpaired) electrons. The molecule has 0 bridgehead atoms. The fourth-order valence-corrected chi connectivity index (χ4v) is 5.75. The molecule has 160 valence electrons. The lowest BCUT2D eigenvalue weighted by atomic mass is 10.1. The Hall–Kier alpha value is -3.12. The van der Waals surface area contributed by atoms with E-state index in [9.17, 15) is 13.2 Å². The molecule has 4 rings (SSSR count). The molecule has 1 atom stereocenters. The van der Waals surface area contributed by atoms with Crippen LogP contribution >= 0.6 is 0 Å². The lowest BCUT2D eigenvalue weighted by Gasteiger charge is -2.29. The number of anilines is 2. The van der Waals surface area contributed by atoms with Crippen LogP contribution in [0.15, 0.2) is 77.7 Å². The number of para-hydroxylation sites is 1. The van der Waals surface area contributed by atoms with Crippen LogP contribution in [0.3, 0.4) is 0 Å². The molecule has 5 nitrogen and oxygen atoms in total. The van der Waals surface area contributed by atoms with Gasteiger partial charge >= 0.3 is 0 Å². The van der Waals surface area contributed by atoms with Crippen LogP contribution in [0.1, 0.15) is 23.6 Å².